The summed E-state index contributed by atoms with van der Waals surface area (Å²) < 4.78 is 5.79. The SMILES string of the molecule is CCCCC(=O)N1CC(CN)OC(C)(C)C1. The molecule has 1 saturated heterocycles. The Kier molecular flexibility index (Phi) is 4.74. The minimum atomic E-state index is -0.274. The number of nitrogens with zero attached hydrogens (tertiary/aromatic N) is 1. The van der Waals surface area contributed by atoms with E-state index in [2.05, 4.69) is 6.92 Å². The molecule has 0 aliphatic carbocycles. The molecule has 0 radical (unpaired) electrons. The molecule has 1 amide bonds. The lowest BCUT2D eigenvalue weighted by Crippen LogP contribution is -2.56. The van der Waals surface area contributed by atoms with Gasteiger partial charge in [0.05, 0.1) is 11.7 Å². The maximum absolute atomic E-state index is 11.9. The molecule has 94 valence electrons. The number of ether oxygens (including phenoxy) is 1. The van der Waals surface area contributed by atoms with Crippen LogP contribution < -0.4 is 5.73 Å². The Bertz CT molecular complexity index is 241. The molecule has 1 aliphatic heterocycles. The van der Waals surface area contributed by atoms with Gasteiger partial charge in [0.25, 0.3) is 0 Å². The Labute approximate surface area is 98.1 Å². The molecule has 1 rings (SSSR count). The van der Waals surface area contributed by atoms with Gasteiger partial charge < -0.3 is 15.4 Å². The topological polar surface area (TPSA) is 55.6 Å². The number of morpholine rings is 1. The van der Waals surface area contributed by atoms with Crippen molar-refractivity contribution in [2.75, 3.05) is 19.6 Å². The van der Waals surface area contributed by atoms with Gasteiger partial charge in [-0.15, -0.1) is 0 Å². The quantitative estimate of drug-likeness (QED) is 0.785. The van der Waals surface area contributed by atoms with E-state index in [1.807, 2.05) is 18.7 Å². The number of carbonyl (C=O) groups excluding carboxylic acids is 1. The molecule has 1 atom stereocenters. The molecule has 0 bridgehead atoms. The van der Waals surface area contributed by atoms with Gasteiger partial charge in [-0.05, 0) is 20.3 Å². The molecule has 1 fully saturated rings. The number of nitrogens with two attached hydrogens (primary N) is 1. The second-order valence-corrected chi connectivity index (χ2v) is 5.11. The highest BCUT2D eigenvalue weighted by Crippen LogP contribution is 2.21. The first kappa shape index (κ1) is 13.5. The maximum atomic E-state index is 11.9. The maximum Gasteiger partial charge on any atom is 0.222 e. The molecule has 1 unspecified atom stereocenters. The van der Waals surface area contributed by atoms with Gasteiger partial charge in [0.1, 0.15) is 0 Å². The number of rotatable bonds is 4. The van der Waals surface area contributed by atoms with Crippen molar-refractivity contribution in [3.8, 4) is 0 Å². The third-order valence-corrected chi connectivity index (χ3v) is 2.84. The predicted octanol–water partition coefficient (Wildman–Crippen LogP) is 1.14. The van der Waals surface area contributed by atoms with Gasteiger partial charge in [0.15, 0.2) is 0 Å². The van der Waals surface area contributed by atoms with Crippen molar-refractivity contribution in [2.24, 2.45) is 5.73 Å². The lowest BCUT2D eigenvalue weighted by Gasteiger charge is -2.42. The monoisotopic (exact) mass is 228 g/mol. The van der Waals surface area contributed by atoms with E-state index in [0.29, 0.717) is 26.1 Å². The third kappa shape index (κ3) is 3.76. The van der Waals surface area contributed by atoms with Crippen LogP contribution in [0.5, 0.6) is 0 Å². The van der Waals surface area contributed by atoms with E-state index < -0.39 is 0 Å². The number of hydrogen-bond donors (Lipinski definition) is 1. The minimum absolute atomic E-state index is 0.0191. The fourth-order valence-electron chi connectivity index (χ4n) is 2.09. The van der Waals surface area contributed by atoms with E-state index in [0.717, 1.165) is 12.8 Å². The summed E-state index contributed by atoms with van der Waals surface area (Å²) in [6.07, 6.45) is 2.64. The van der Waals surface area contributed by atoms with Crippen LogP contribution in [0.15, 0.2) is 0 Å². The van der Waals surface area contributed by atoms with E-state index in [-0.39, 0.29) is 17.6 Å². The van der Waals surface area contributed by atoms with Crippen molar-refractivity contribution in [3.05, 3.63) is 0 Å². The zero-order valence-corrected chi connectivity index (χ0v) is 10.7. The summed E-state index contributed by atoms with van der Waals surface area (Å²) >= 11 is 0. The molecule has 1 heterocycles. The Morgan fingerprint density at radius 1 is 1.56 bits per heavy atom. The highest BCUT2D eigenvalue weighted by Gasteiger charge is 2.34. The molecule has 4 nitrogen and oxygen atoms in total. The van der Waals surface area contributed by atoms with E-state index >= 15 is 0 Å². The molecule has 0 aromatic carbocycles. The van der Waals surface area contributed by atoms with Crippen molar-refractivity contribution in [2.45, 2.75) is 51.7 Å². The summed E-state index contributed by atoms with van der Waals surface area (Å²) in [4.78, 5) is 13.8. The van der Waals surface area contributed by atoms with Gasteiger partial charge in [0.2, 0.25) is 5.91 Å². The van der Waals surface area contributed by atoms with Gasteiger partial charge in [-0.2, -0.15) is 0 Å². The Morgan fingerprint density at radius 3 is 2.81 bits per heavy atom. The predicted molar refractivity (Wildman–Crippen MR) is 64.1 cm³/mol. The summed E-state index contributed by atoms with van der Waals surface area (Å²) in [7, 11) is 0. The van der Waals surface area contributed by atoms with E-state index in [1.165, 1.54) is 0 Å². The summed E-state index contributed by atoms with van der Waals surface area (Å²) in [5.74, 6) is 0.233. The fraction of sp³-hybridized carbons (Fsp3) is 0.917. The average molecular weight is 228 g/mol. The van der Waals surface area contributed by atoms with Gasteiger partial charge in [0, 0.05) is 26.1 Å². The molecular weight excluding hydrogens is 204 g/mol. The van der Waals surface area contributed by atoms with Crippen LogP contribution in [0.1, 0.15) is 40.0 Å². The van der Waals surface area contributed by atoms with Crippen LogP contribution in [0, 0.1) is 0 Å². The van der Waals surface area contributed by atoms with Crippen molar-refractivity contribution in [3.63, 3.8) is 0 Å². The van der Waals surface area contributed by atoms with Crippen LogP contribution in [0.25, 0.3) is 0 Å². The first-order chi connectivity index (χ1) is 7.48. The van der Waals surface area contributed by atoms with Gasteiger partial charge in [-0.1, -0.05) is 13.3 Å². The van der Waals surface area contributed by atoms with E-state index in [1.54, 1.807) is 0 Å². The Balaban J connectivity index is 2.55. The van der Waals surface area contributed by atoms with Crippen molar-refractivity contribution in [1.82, 2.24) is 4.90 Å². The van der Waals surface area contributed by atoms with Gasteiger partial charge >= 0.3 is 0 Å². The highest BCUT2D eigenvalue weighted by molar-refractivity contribution is 5.76. The normalized spacial score (nSPS) is 24.5. The fourth-order valence-corrected chi connectivity index (χ4v) is 2.09. The lowest BCUT2D eigenvalue weighted by molar-refractivity contribution is -0.159. The van der Waals surface area contributed by atoms with Crippen molar-refractivity contribution < 1.29 is 9.53 Å². The van der Waals surface area contributed by atoms with Gasteiger partial charge in [-0.3, -0.25) is 4.79 Å². The van der Waals surface area contributed by atoms with Crippen LogP contribution in [-0.4, -0.2) is 42.1 Å². The van der Waals surface area contributed by atoms with Crippen LogP contribution >= 0.6 is 0 Å². The van der Waals surface area contributed by atoms with Crippen LogP contribution in [-0.2, 0) is 9.53 Å². The average Bonchev–Trinajstić information content (AvgIpc) is 2.23. The number of carbonyl (C=O) groups is 1. The molecule has 16 heavy (non-hydrogen) atoms. The highest BCUT2D eigenvalue weighted by atomic mass is 16.5. The molecule has 4 heteroatoms. The zero-order valence-electron chi connectivity index (χ0n) is 10.7. The third-order valence-electron chi connectivity index (χ3n) is 2.84. The second kappa shape index (κ2) is 5.64. The largest absolute Gasteiger partial charge is 0.367 e. The van der Waals surface area contributed by atoms with Gasteiger partial charge in [-0.25, -0.2) is 0 Å². The van der Waals surface area contributed by atoms with Crippen LogP contribution in [0.2, 0.25) is 0 Å². The molecule has 0 aromatic heterocycles. The Hall–Kier alpha value is -0.610. The molecule has 1 aliphatic rings. The summed E-state index contributed by atoms with van der Waals surface area (Å²) in [5.41, 5.74) is 5.35. The number of unbranched alkanes of at least 4 members (excludes halogenated alkanes) is 1. The molecule has 2 N–H and O–H groups in total. The summed E-state index contributed by atoms with van der Waals surface area (Å²) in [6.45, 7) is 7.90. The summed E-state index contributed by atoms with van der Waals surface area (Å²) in [5, 5.41) is 0. The minimum Gasteiger partial charge on any atom is -0.367 e. The standard InChI is InChI=1S/C12H24N2O2/c1-4-5-6-11(15)14-8-10(7-13)16-12(2,3)9-14/h10H,4-9,13H2,1-3H3. The molecule has 0 spiro atoms. The molecular formula is C12H24N2O2. The summed E-state index contributed by atoms with van der Waals surface area (Å²) in [6, 6.07) is 0. The Morgan fingerprint density at radius 2 is 2.25 bits per heavy atom. The molecule has 0 saturated carbocycles. The van der Waals surface area contributed by atoms with Crippen molar-refractivity contribution >= 4 is 5.91 Å². The molecule has 0 aromatic rings. The second-order valence-electron chi connectivity index (χ2n) is 5.11. The van der Waals surface area contributed by atoms with Crippen molar-refractivity contribution in [1.29, 1.82) is 0 Å². The zero-order chi connectivity index (χ0) is 12.2. The number of amides is 1. The first-order valence-corrected chi connectivity index (χ1v) is 6.14. The number of hydrogen-bond acceptors (Lipinski definition) is 3. The smallest absolute Gasteiger partial charge is 0.222 e. The first-order valence-electron chi connectivity index (χ1n) is 6.14. The van der Waals surface area contributed by atoms with Crippen LogP contribution in [0.3, 0.4) is 0 Å². The lowest BCUT2D eigenvalue weighted by atomic mass is 10.0. The van der Waals surface area contributed by atoms with E-state index in [9.17, 15) is 4.79 Å². The van der Waals surface area contributed by atoms with E-state index in [4.69, 9.17) is 10.5 Å². The van der Waals surface area contributed by atoms with Crippen LogP contribution in [0.4, 0.5) is 0 Å².